The monoisotopic (exact) mass is 287 g/mol. The fourth-order valence-electron chi connectivity index (χ4n) is 2.12. The Morgan fingerprint density at radius 2 is 1.90 bits per heavy atom. The molecule has 3 heteroatoms. The van der Waals surface area contributed by atoms with E-state index in [1.165, 1.54) is 10.4 Å². The third kappa shape index (κ3) is 3.48. The Morgan fingerprint density at radius 3 is 2.45 bits per heavy atom. The molecule has 1 aromatic heterocycles. The molecule has 0 aliphatic heterocycles. The molecule has 0 bridgehead atoms. The van der Waals surface area contributed by atoms with Gasteiger partial charge in [-0.15, -0.1) is 11.3 Å². The molecule has 2 nitrogen and oxygen atoms in total. The smallest absolute Gasteiger partial charge is 0.264 e. The minimum absolute atomic E-state index is 0.140. The van der Waals surface area contributed by atoms with Crippen LogP contribution in [0.4, 0.5) is 0 Å². The highest BCUT2D eigenvalue weighted by Crippen LogP contribution is 2.21. The molecule has 1 heterocycles. The van der Waals surface area contributed by atoms with Crippen LogP contribution in [0.3, 0.4) is 0 Å². The van der Waals surface area contributed by atoms with E-state index in [-0.39, 0.29) is 11.9 Å². The van der Waals surface area contributed by atoms with Crippen LogP contribution in [-0.4, -0.2) is 16.8 Å². The van der Waals surface area contributed by atoms with Crippen molar-refractivity contribution in [2.45, 2.75) is 39.8 Å². The fourth-order valence-corrected chi connectivity index (χ4v) is 2.94. The van der Waals surface area contributed by atoms with Crippen molar-refractivity contribution in [2.75, 3.05) is 0 Å². The highest BCUT2D eigenvalue weighted by Gasteiger charge is 2.21. The molecule has 0 aliphatic rings. The molecular formula is C17H21NOS. The SMILES string of the molecule is CCC(C)N(Cc1ccccc1)C(=O)c1ccc(C)s1. The zero-order valence-corrected chi connectivity index (χ0v) is 13.1. The van der Waals surface area contributed by atoms with Crippen molar-refractivity contribution in [1.29, 1.82) is 0 Å². The molecule has 1 atom stereocenters. The Morgan fingerprint density at radius 1 is 1.20 bits per heavy atom. The molecule has 0 spiro atoms. The quantitative estimate of drug-likeness (QED) is 0.793. The number of carbonyl (C=O) groups is 1. The van der Waals surface area contributed by atoms with Gasteiger partial charge in [0.15, 0.2) is 0 Å². The van der Waals surface area contributed by atoms with E-state index in [0.717, 1.165) is 11.3 Å². The number of hydrogen-bond acceptors (Lipinski definition) is 2. The van der Waals surface area contributed by atoms with Gasteiger partial charge in [-0.2, -0.15) is 0 Å². The van der Waals surface area contributed by atoms with Gasteiger partial charge in [-0.1, -0.05) is 37.3 Å². The van der Waals surface area contributed by atoms with Crippen molar-refractivity contribution in [3.63, 3.8) is 0 Å². The van der Waals surface area contributed by atoms with Gasteiger partial charge in [0, 0.05) is 17.5 Å². The minimum atomic E-state index is 0.140. The van der Waals surface area contributed by atoms with Gasteiger partial charge in [0.25, 0.3) is 5.91 Å². The highest BCUT2D eigenvalue weighted by atomic mass is 32.1. The molecular weight excluding hydrogens is 266 g/mol. The van der Waals surface area contributed by atoms with Crippen LogP contribution in [0.5, 0.6) is 0 Å². The molecule has 0 fully saturated rings. The largest absolute Gasteiger partial charge is 0.331 e. The van der Waals surface area contributed by atoms with E-state index < -0.39 is 0 Å². The first kappa shape index (κ1) is 14.8. The molecule has 2 aromatic rings. The number of thiophene rings is 1. The minimum Gasteiger partial charge on any atom is -0.331 e. The number of hydrogen-bond donors (Lipinski definition) is 0. The molecule has 1 unspecified atom stereocenters. The van der Waals surface area contributed by atoms with Gasteiger partial charge >= 0.3 is 0 Å². The van der Waals surface area contributed by atoms with Crippen LogP contribution in [0.1, 0.15) is 40.4 Å². The van der Waals surface area contributed by atoms with E-state index in [1.54, 1.807) is 11.3 Å². The van der Waals surface area contributed by atoms with Gasteiger partial charge in [0.1, 0.15) is 0 Å². The average Bonchev–Trinajstić information content (AvgIpc) is 2.91. The predicted octanol–water partition coefficient (Wildman–Crippen LogP) is 4.50. The lowest BCUT2D eigenvalue weighted by Crippen LogP contribution is -2.37. The lowest BCUT2D eigenvalue weighted by Gasteiger charge is -2.28. The van der Waals surface area contributed by atoms with E-state index >= 15 is 0 Å². The maximum atomic E-state index is 12.7. The molecule has 1 amide bonds. The molecule has 20 heavy (non-hydrogen) atoms. The van der Waals surface area contributed by atoms with Crippen molar-refractivity contribution in [2.24, 2.45) is 0 Å². The van der Waals surface area contributed by atoms with Crippen LogP contribution in [0.15, 0.2) is 42.5 Å². The summed E-state index contributed by atoms with van der Waals surface area (Å²) < 4.78 is 0. The van der Waals surface area contributed by atoms with Crippen LogP contribution in [0, 0.1) is 6.92 Å². The van der Waals surface area contributed by atoms with Crippen molar-refractivity contribution in [1.82, 2.24) is 4.90 Å². The third-order valence-corrected chi connectivity index (χ3v) is 4.52. The first-order chi connectivity index (χ1) is 9.61. The maximum Gasteiger partial charge on any atom is 0.264 e. The summed E-state index contributed by atoms with van der Waals surface area (Å²) in [5.41, 5.74) is 1.18. The standard InChI is InChI=1S/C17H21NOS/c1-4-13(2)18(12-15-8-6-5-7-9-15)17(19)16-11-10-14(3)20-16/h5-11,13H,4,12H2,1-3H3. The topological polar surface area (TPSA) is 20.3 Å². The van der Waals surface area contributed by atoms with E-state index in [2.05, 4.69) is 26.0 Å². The number of rotatable bonds is 5. The van der Waals surface area contributed by atoms with E-state index in [1.807, 2.05) is 42.2 Å². The van der Waals surface area contributed by atoms with Gasteiger partial charge in [0.05, 0.1) is 4.88 Å². The Labute approximate surface area is 125 Å². The second-order valence-electron chi connectivity index (χ2n) is 5.09. The Balaban J connectivity index is 2.21. The van der Waals surface area contributed by atoms with Crippen LogP contribution >= 0.6 is 11.3 Å². The Hall–Kier alpha value is -1.61. The molecule has 106 valence electrons. The molecule has 2 rings (SSSR count). The van der Waals surface area contributed by atoms with Gasteiger partial charge in [-0.25, -0.2) is 0 Å². The second-order valence-corrected chi connectivity index (χ2v) is 6.37. The third-order valence-electron chi connectivity index (χ3n) is 3.53. The number of nitrogens with zero attached hydrogens (tertiary/aromatic N) is 1. The predicted molar refractivity (Wildman–Crippen MR) is 85.1 cm³/mol. The number of carbonyl (C=O) groups excluding carboxylic acids is 1. The second kappa shape index (κ2) is 6.71. The van der Waals surface area contributed by atoms with Crippen LogP contribution in [0.2, 0.25) is 0 Å². The van der Waals surface area contributed by atoms with Gasteiger partial charge < -0.3 is 4.90 Å². The first-order valence-corrected chi connectivity index (χ1v) is 7.84. The molecule has 0 saturated carbocycles. The lowest BCUT2D eigenvalue weighted by atomic mass is 10.1. The summed E-state index contributed by atoms with van der Waals surface area (Å²) in [6.45, 7) is 6.94. The van der Waals surface area contributed by atoms with Crippen LogP contribution in [0.25, 0.3) is 0 Å². The van der Waals surface area contributed by atoms with Gasteiger partial charge in [-0.05, 0) is 38.0 Å². The summed E-state index contributed by atoms with van der Waals surface area (Å²) in [6.07, 6.45) is 0.961. The van der Waals surface area contributed by atoms with E-state index in [4.69, 9.17) is 0 Å². The molecule has 1 aromatic carbocycles. The zero-order valence-electron chi connectivity index (χ0n) is 12.3. The first-order valence-electron chi connectivity index (χ1n) is 7.03. The summed E-state index contributed by atoms with van der Waals surface area (Å²) >= 11 is 1.57. The number of benzene rings is 1. The molecule has 0 aliphatic carbocycles. The van der Waals surface area contributed by atoms with Crippen molar-refractivity contribution >= 4 is 17.2 Å². The summed E-state index contributed by atoms with van der Waals surface area (Å²) in [6, 6.07) is 14.4. The molecule has 0 N–H and O–H groups in total. The fraction of sp³-hybridized carbons (Fsp3) is 0.353. The van der Waals surface area contributed by atoms with Crippen molar-refractivity contribution < 1.29 is 4.79 Å². The zero-order chi connectivity index (χ0) is 14.5. The summed E-state index contributed by atoms with van der Waals surface area (Å²) in [5, 5.41) is 0. The van der Waals surface area contributed by atoms with Gasteiger partial charge in [0.2, 0.25) is 0 Å². The average molecular weight is 287 g/mol. The van der Waals surface area contributed by atoms with Crippen LogP contribution in [-0.2, 0) is 6.54 Å². The lowest BCUT2D eigenvalue weighted by molar-refractivity contribution is 0.0676. The summed E-state index contributed by atoms with van der Waals surface area (Å²) in [4.78, 5) is 16.7. The maximum absolute atomic E-state index is 12.7. The van der Waals surface area contributed by atoms with Crippen LogP contribution < -0.4 is 0 Å². The van der Waals surface area contributed by atoms with E-state index in [0.29, 0.717) is 6.54 Å². The Bertz CT molecular complexity index is 561. The van der Waals surface area contributed by atoms with E-state index in [9.17, 15) is 4.79 Å². The summed E-state index contributed by atoms with van der Waals surface area (Å²) in [5.74, 6) is 0.140. The molecule has 0 radical (unpaired) electrons. The normalized spacial score (nSPS) is 12.2. The highest BCUT2D eigenvalue weighted by molar-refractivity contribution is 7.13. The number of aryl methyl sites for hydroxylation is 1. The van der Waals surface area contributed by atoms with Crippen molar-refractivity contribution in [3.05, 3.63) is 57.8 Å². The number of amides is 1. The van der Waals surface area contributed by atoms with Crippen molar-refractivity contribution in [3.8, 4) is 0 Å². The molecule has 0 saturated heterocycles. The van der Waals surface area contributed by atoms with Gasteiger partial charge in [-0.3, -0.25) is 4.79 Å². The summed E-state index contributed by atoms with van der Waals surface area (Å²) in [7, 11) is 0. The Kier molecular flexibility index (Phi) is 4.96.